The molecule has 0 saturated carbocycles. The number of anilines is 1. The number of rotatable bonds is 4. The van der Waals surface area contributed by atoms with Crippen LogP contribution in [0.3, 0.4) is 0 Å². The molecule has 1 aliphatic rings. The number of nitrogens with two attached hydrogens (primary N) is 1. The fourth-order valence-electron chi connectivity index (χ4n) is 2.07. The van der Waals surface area contributed by atoms with Gasteiger partial charge in [-0.05, 0) is 33.4 Å². The van der Waals surface area contributed by atoms with Gasteiger partial charge in [0.15, 0.2) is 0 Å². The molecule has 1 saturated heterocycles. The predicted molar refractivity (Wildman–Crippen MR) is 71.6 cm³/mol. The zero-order valence-electron chi connectivity index (χ0n) is 11.3. The molecular formula is C12H22N6. The van der Waals surface area contributed by atoms with Gasteiger partial charge in [0.05, 0.1) is 11.4 Å². The normalized spacial score (nSPS) is 17.2. The molecule has 18 heavy (non-hydrogen) atoms. The van der Waals surface area contributed by atoms with Crippen LogP contribution in [0, 0.1) is 13.8 Å². The van der Waals surface area contributed by atoms with Crippen molar-refractivity contribution in [3.8, 4) is 0 Å². The van der Waals surface area contributed by atoms with E-state index in [1.165, 1.54) is 0 Å². The second-order valence-corrected chi connectivity index (χ2v) is 4.75. The second kappa shape index (κ2) is 6.06. The molecule has 1 aliphatic heterocycles. The molecule has 6 heteroatoms. The molecule has 1 aromatic heterocycles. The topological polar surface area (TPSA) is 71.2 Å². The molecule has 0 aromatic carbocycles. The zero-order chi connectivity index (χ0) is 13.0. The molecule has 0 amide bonds. The van der Waals surface area contributed by atoms with Gasteiger partial charge in [-0.1, -0.05) is 0 Å². The zero-order valence-corrected chi connectivity index (χ0v) is 11.3. The van der Waals surface area contributed by atoms with Crippen LogP contribution < -0.4 is 10.6 Å². The average Bonchev–Trinajstić information content (AvgIpc) is 2.40. The van der Waals surface area contributed by atoms with E-state index in [-0.39, 0.29) is 0 Å². The third-order valence-corrected chi connectivity index (χ3v) is 3.41. The first-order chi connectivity index (χ1) is 8.70. The molecule has 0 unspecified atom stereocenters. The molecule has 2 heterocycles. The summed E-state index contributed by atoms with van der Waals surface area (Å²) in [6.07, 6.45) is 1.07. The molecular weight excluding hydrogens is 228 g/mol. The maximum Gasteiger partial charge on any atom is 0.245 e. The third-order valence-electron chi connectivity index (χ3n) is 3.41. The molecule has 0 aliphatic carbocycles. The second-order valence-electron chi connectivity index (χ2n) is 4.75. The van der Waals surface area contributed by atoms with Gasteiger partial charge in [0, 0.05) is 26.2 Å². The van der Waals surface area contributed by atoms with Crippen LogP contribution in [0.5, 0.6) is 0 Å². The molecule has 2 N–H and O–H groups in total. The fraction of sp³-hybridized carbons (Fsp3) is 0.750. The number of piperazine rings is 1. The van der Waals surface area contributed by atoms with E-state index in [1.807, 2.05) is 13.8 Å². The minimum atomic E-state index is 0.761. The van der Waals surface area contributed by atoms with Crippen molar-refractivity contribution in [1.82, 2.24) is 20.1 Å². The van der Waals surface area contributed by atoms with E-state index in [9.17, 15) is 0 Å². The van der Waals surface area contributed by atoms with Gasteiger partial charge in [0.25, 0.3) is 0 Å². The minimum Gasteiger partial charge on any atom is -0.337 e. The maximum absolute atomic E-state index is 5.53. The summed E-state index contributed by atoms with van der Waals surface area (Å²) >= 11 is 0. The maximum atomic E-state index is 5.53. The Morgan fingerprint density at radius 2 is 1.78 bits per heavy atom. The third kappa shape index (κ3) is 3.14. The lowest BCUT2D eigenvalue weighted by Crippen LogP contribution is -2.47. The van der Waals surface area contributed by atoms with Gasteiger partial charge in [-0.15, -0.1) is 5.10 Å². The molecule has 6 nitrogen and oxygen atoms in total. The van der Waals surface area contributed by atoms with Crippen LogP contribution in [-0.2, 0) is 0 Å². The lowest BCUT2D eigenvalue weighted by Gasteiger charge is -2.34. The Bertz CT molecular complexity index is 386. The largest absolute Gasteiger partial charge is 0.337 e. The summed E-state index contributed by atoms with van der Waals surface area (Å²) in [5.74, 6) is 0.761. The molecule has 1 aromatic rings. The Morgan fingerprint density at radius 1 is 1.06 bits per heavy atom. The summed E-state index contributed by atoms with van der Waals surface area (Å²) in [4.78, 5) is 9.15. The van der Waals surface area contributed by atoms with Gasteiger partial charge >= 0.3 is 0 Å². The van der Waals surface area contributed by atoms with Crippen LogP contribution in [0.1, 0.15) is 17.8 Å². The summed E-state index contributed by atoms with van der Waals surface area (Å²) in [6, 6.07) is 0. The average molecular weight is 250 g/mol. The Kier molecular flexibility index (Phi) is 4.43. The van der Waals surface area contributed by atoms with Gasteiger partial charge in [0.2, 0.25) is 5.95 Å². The van der Waals surface area contributed by atoms with Crippen molar-refractivity contribution in [3.05, 3.63) is 11.4 Å². The molecule has 100 valence electrons. The van der Waals surface area contributed by atoms with E-state index < -0.39 is 0 Å². The highest BCUT2D eigenvalue weighted by atomic mass is 15.4. The standard InChI is InChI=1S/C12H22N6/c1-10-11(2)15-16-12(14-10)18-8-6-17(7-9-18)5-3-4-13/h3-9,13H2,1-2H3. The van der Waals surface area contributed by atoms with Crippen LogP contribution >= 0.6 is 0 Å². The number of hydrogen-bond donors (Lipinski definition) is 1. The van der Waals surface area contributed by atoms with Crippen molar-refractivity contribution in [2.45, 2.75) is 20.3 Å². The highest BCUT2D eigenvalue weighted by molar-refractivity contribution is 5.30. The van der Waals surface area contributed by atoms with Crippen LogP contribution in [0.15, 0.2) is 0 Å². The highest BCUT2D eigenvalue weighted by Crippen LogP contribution is 2.11. The van der Waals surface area contributed by atoms with Crippen molar-refractivity contribution in [3.63, 3.8) is 0 Å². The number of aryl methyl sites for hydroxylation is 2. The summed E-state index contributed by atoms with van der Waals surface area (Å²) in [7, 11) is 0. The summed E-state index contributed by atoms with van der Waals surface area (Å²) in [5, 5.41) is 8.31. The van der Waals surface area contributed by atoms with Crippen molar-refractivity contribution in [2.75, 3.05) is 44.2 Å². The Balaban J connectivity index is 1.90. The monoisotopic (exact) mass is 250 g/mol. The molecule has 0 atom stereocenters. The van der Waals surface area contributed by atoms with Gasteiger partial charge in [0.1, 0.15) is 0 Å². The van der Waals surface area contributed by atoms with Crippen LogP contribution in [0.25, 0.3) is 0 Å². The van der Waals surface area contributed by atoms with Gasteiger partial charge in [-0.2, -0.15) is 5.10 Å². The highest BCUT2D eigenvalue weighted by Gasteiger charge is 2.19. The first-order valence-electron chi connectivity index (χ1n) is 6.56. The molecule has 1 fully saturated rings. The Hall–Kier alpha value is -1.27. The first-order valence-corrected chi connectivity index (χ1v) is 6.56. The van der Waals surface area contributed by atoms with Gasteiger partial charge in [-0.3, -0.25) is 4.90 Å². The van der Waals surface area contributed by atoms with Gasteiger partial charge < -0.3 is 10.6 Å². The minimum absolute atomic E-state index is 0.761. The molecule has 0 radical (unpaired) electrons. The fourth-order valence-corrected chi connectivity index (χ4v) is 2.07. The Morgan fingerprint density at radius 3 is 2.39 bits per heavy atom. The molecule has 0 bridgehead atoms. The van der Waals surface area contributed by atoms with Crippen LogP contribution in [0.4, 0.5) is 5.95 Å². The van der Waals surface area contributed by atoms with Gasteiger partial charge in [-0.25, -0.2) is 4.98 Å². The van der Waals surface area contributed by atoms with Crippen LogP contribution in [0.2, 0.25) is 0 Å². The molecule has 0 spiro atoms. The Labute approximate surface area is 108 Å². The van der Waals surface area contributed by atoms with Crippen molar-refractivity contribution >= 4 is 5.95 Å². The lowest BCUT2D eigenvalue weighted by molar-refractivity contribution is 0.255. The van der Waals surface area contributed by atoms with E-state index in [0.717, 1.165) is 63.0 Å². The van der Waals surface area contributed by atoms with E-state index in [2.05, 4.69) is 25.0 Å². The quantitative estimate of drug-likeness (QED) is 0.808. The number of aromatic nitrogens is 3. The first kappa shape index (κ1) is 13.2. The summed E-state index contributed by atoms with van der Waals surface area (Å²) < 4.78 is 0. The number of nitrogens with zero attached hydrogens (tertiary/aromatic N) is 5. The molecule has 2 rings (SSSR count). The lowest BCUT2D eigenvalue weighted by atomic mass is 10.3. The van der Waals surface area contributed by atoms with Crippen molar-refractivity contribution in [1.29, 1.82) is 0 Å². The van der Waals surface area contributed by atoms with Crippen molar-refractivity contribution < 1.29 is 0 Å². The number of hydrogen-bond acceptors (Lipinski definition) is 6. The SMILES string of the molecule is Cc1nnc(N2CCN(CCCN)CC2)nc1C. The van der Waals surface area contributed by atoms with E-state index in [4.69, 9.17) is 5.73 Å². The van der Waals surface area contributed by atoms with Crippen LogP contribution in [-0.4, -0.2) is 59.3 Å². The van der Waals surface area contributed by atoms with E-state index in [0.29, 0.717) is 0 Å². The van der Waals surface area contributed by atoms with E-state index >= 15 is 0 Å². The summed E-state index contributed by atoms with van der Waals surface area (Å²) in [6.45, 7) is 9.81. The van der Waals surface area contributed by atoms with Crippen molar-refractivity contribution in [2.24, 2.45) is 5.73 Å². The smallest absolute Gasteiger partial charge is 0.245 e. The van der Waals surface area contributed by atoms with E-state index in [1.54, 1.807) is 0 Å². The summed E-state index contributed by atoms with van der Waals surface area (Å²) in [5.41, 5.74) is 7.40. The predicted octanol–water partition coefficient (Wildman–Crippen LogP) is -0.0408.